The van der Waals surface area contributed by atoms with Gasteiger partial charge in [-0.1, -0.05) is 12.1 Å². The fraction of sp³-hybridized carbons (Fsp3) is 0.357. The summed E-state index contributed by atoms with van der Waals surface area (Å²) in [6.45, 7) is 2.63. The van der Waals surface area contributed by atoms with Gasteiger partial charge in [0.2, 0.25) is 0 Å². The van der Waals surface area contributed by atoms with Crippen molar-refractivity contribution in [1.82, 2.24) is 5.32 Å². The highest BCUT2D eigenvalue weighted by atomic mass is 16.5. The molecule has 20 heavy (non-hydrogen) atoms. The number of carbonyl (C=O) groups is 3. The quantitative estimate of drug-likeness (QED) is 0.761. The number of ketones is 1. The number of hydrogen-bond acceptors (Lipinski definition) is 4. The lowest BCUT2D eigenvalue weighted by atomic mass is 10.0. The van der Waals surface area contributed by atoms with Crippen LogP contribution >= 0.6 is 0 Å². The van der Waals surface area contributed by atoms with Gasteiger partial charge in [0.1, 0.15) is 0 Å². The van der Waals surface area contributed by atoms with Gasteiger partial charge in [0.25, 0.3) is 5.91 Å². The lowest BCUT2D eigenvalue weighted by Gasteiger charge is -2.25. The Hall–Kier alpha value is -2.21. The van der Waals surface area contributed by atoms with Crippen molar-refractivity contribution in [2.75, 3.05) is 13.7 Å². The maximum Gasteiger partial charge on any atom is 0.331 e. The van der Waals surface area contributed by atoms with Crippen LogP contribution in [-0.4, -0.2) is 42.0 Å². The fourth-order valence-corrected chi connectivity index (χ4v) is 1.62. The van der Waals surface area contributed by atoms with E-state index in [0.29, 0.717) is 5.56 Å². The minimum Gasteiger partial charge on any atom is -0.479 e. The largest absolute Gasteiger partial charge is 0.479 e. The molecule has 1 rings (SSSR count). The van der Waals surface area contributed by atoms with Crippen LogP contribution in [0.2, 0.25) is 0 Å². The molecule has 0 aliphatic rings. The second kappa shape index (κ2) is 6.29. The van der Waals surface area contributed by atoms with Gasteiger partial charge in [-0.25, -0.2) is 4.79 Å². The van der Waals surface area contributed by atoms with Crippen molar-refractivity contribution in [3.8, 4) is 0 Å². The van der Waals surface area contributed by atoms with Crippen LogP contribution in [0.3, 0.4) is 0 Å². The molecule has 1 amide bonds. The lowest BCUT2D eigenvalue weighted by molar-refractivity contribution is -0.145. The molecule has 2 N–H and O–H groups in total. The first-order chi connectivity index (χ1) is 9.30. The highest BCUT2D eigenvalue weighted by Crippen LogP contribution is 2.09. The highest BCUT2D eigenvalue weighted by Gasteiger charge is 2.35. The van der Waals surface area contributed by atoms with E-state index in [0.717, 1.165) is 0 Å². The molecule has 0 aliphatic carbocycles. The normalized spacial score (nSPS) is 13.3. The molecule has 0 saturated carbocycles. The van der Waals surface area contributed by atoms with Crippen LogP contribution in [0.5, 0.6) is 0 Å². The Kier molecular flexibility index (Phi) is 4.99. The van der Waals surface area contributed by atoms with Crippen LogP contribution in [0.1, 0.15) is 34.6 Å². The Morgan fingerprint density at radius 3 is 2.10 bits per heavy atom. The maximum atomic E-state index is 12.0. The molecule has 6 nitrogen and oxygen atoms in total. The van der Waals surface area contributed by atoms with Crippen LogP contribution in [0.4, 0.5) is 0 Å². The van der Waals surface area contributed by atoms with Gasteiger partial charge in [-0.3, -0.25) is 9.59 Å². The molecule has 0 aromatic heterocycles. The third-order valence-electron chi connectivity index (χ3n) is 2.85. The van der Waals surface area contributed by atoms with Crippen molar-refractivity contribution in [3.05, 3.63) is 35.4 Å². The number of Topliss-reactive ketones (excluding diaryl/α,β-unsaturated/α-hetero) is 1. The number of methoxy groups -OCH3 is 1. The zero-order valence-electron chi connectivity index (χ0n) is 11.6. The molecule has 0 spiro atoms. The van der Waals surface area contributed by atoms with Crippen LogP contribution in [0.15, 0.2) is 24.3 Å². The predicted octanol–water partition coefficient (Wildman–Crippen LogP) is 1.11. The van der Waals surface area contributed by atoms with E-state index < -0.39 is 17.4 Å². The van der Waals surface area contributed by atoms with E-state index >= 15 is 0 Å². The summed E-state index contributed by atoms with van der Waals surface area (Å²) in [7, 11) is 1.36. The molecule has 0 saturated heterocycles. The number of aliphatic carboxylic acids is 1. The highest BCUT2D eigenvalue weighted by molar-refractivity contribution is 5.99. The Bertz CT molecular complexity index is 523. The van der Waals surface area contributed by atoms with Gasteiger partial charge in [-0.15, -0.1) is 0 Å². The first-order valence-electron chi connectivity index (χ1n) is 5.96. The van der Waals surface area contributed by atoms with Gasteiger partial charge in [0, 0.05) is 18.2 Å². The number of hydrogen-bond donors (Lipinski definition) is 2. The zero-order chi connectivity index (χ0) is 15.3. The number of rotatable bonds is 6. The van der Waals surface area contributed by atoms with Crippen molar-refractivity contribution in [3.63, 3.8) is 0 Å². The predicted molar refractivity (Wildman–Crippen MR) is 71.8 cm³/mol. The summed E-state index contributed by atoms with van der Waals surface area (Å²) >= 11 is 0. The number of nitrogens with one attached hydrogen (secondary N) is 1. The molecule has 1 atom stereocenters. The first kappa shape index (κ1) is 15.8. The minimum atomic E-state index is -1.51. The molecule has 108 valence electrons. The van der Waals surface area contributed by atoms with Gasteiger partial charge in [-0.05, 0) is 26.0 Å². The molecule has 6 heteroatoms. The number of carboxylic acid groups (broad SMARTS) is 1. The van der Waals surface area contributed by atoms with Crippen LogP contribution in [-0.2, 0) is 9.53 Å². The number of ether oxygens (including phenoxy) is 1. The molecular formula is C14H17NO5. The first-order valence-corrected chi connectivity index (χ1v) is 5.96. The topological polar surface area (TPSA) is 92.7 Å². The van der Waals surface area contributed by atoms with E-state index in [1.165, 1.54) is 45.2 Å². The molecule has 1 aromatic carbocycles. The van der Waals surface area contributed by atoms with Crippen LogP contribution in [0, 0.1) is 0 Å². The van der Waals surface area contributed by atoms with Crippen molar-refractivity contribution < 1.29 is 24.2 Å². The van der Waals surface area contributed by atoms with E-state index in [2.05, 4.69) is 5.32 Å². The minimum absolute atomic E-state index is 0.105. The summed E-state index contributed by atoms with van der Waals surface area (Å²) < 4.78 is 4.82. The third kappa shape index (κ3) is 3.64. The summed E-state index contributed by atoms with van der Waals surface area (Å²) in [4.78, 5) is 34.3. The van der Waals surface area contributed by atoms with Gasteiger partial charge in [0.05, 0.1) is 6.61 Å². The number of carboxylic acids is 1. The van der Waals surface area contributed by atoms with E-state index in [-0.39, 0.29) is 18.0 Å². The summed E-state index contributed by atoms with van der Waals surface area (Å²) in [6.07, 6.45) is 0. The van der Waals surface area contributed by atoms with Crippen molar-refractivity contribution in [2.45, 2.75) is 19.4 Å². The maximum absolute atomic E-state index is 12.0. The van der Waals surface area contributed by atoms with Crippen LogP contribution < -0.4 is 5.32 Å². The lowest BCUT2D eigenvalue weighted by Crippen LogP contribution is -2.55. The molecule has 0 bridgehead atoms. The SMILES string of the molecule is COCC(C)(NC(=O)c1ccc(C(C)=O)cc1)C(=O)O. The van der Waals surface area contributed by atoms with Crippen molar-refractivity contribution in [1.29, 1.82) is 0 Å². The van der Waals surface area contributed by atoms with Crippen molar-refractivity contribution in [2.24, 2.45) is 0 Å². The summed E-state index contributed by atoms with van der Waals surface area (Å²) in [6, 6.07) is 5.99. The van der Waals surface area contributed by atoms with Gasteiger partial charge in [-0.2, -0.15) is 0 Å². The Balaban J connectivity index is 2.89. The number of carbonyl (C=O) groups excluding carboxylic acids is 2. The Morgan fingerprint density at radius 2 is 1.70 bits per heavy atom. The van der Waals surface area contributed by atoms with Gasteiger partial charge in [0.15, 0.2) is 11.3 Å². The van der Waals surface area contributed by atoms with Crippen LogP contribution in [0.25, 0.3) is 0 Å². The number of benzene rings is 1. The average Bonchev–Trinajstić information content (AvgIpc) is 2.38. The van der Waals surface area contributed by atoms with Gasteiger partial charge >= 0.3 is 5.97 Å². The summed E-state index contributed by atoms with van der Waals surface area (Å²) in [5.74, 6) is -1.83. The van der Waals surface area contributed by atoms with E-state index in [1.54, 1.807) is 0 Å². The van der Waals surface area contributed by atoms with E-state index in [4.69, 9.17) is 9.84 Å². The van der Waals surface area contributed by atoms with E-state index in [9.17, 15) is 14.4 Å². The summed E-state index contributed by atoms with van der Waals surface area (Å²) in [5.41, 5.74) is -0.747. The number of amides is 1. The monoisotopic (exact) mass is 279 g/mol. The fourth-order valence-electron chi connectivity index (χ4n) is 1.62. The molecular weight excluding hydrogens is 262 g/mol. The molecule has 0 fully saturated rings. The Morgan fingerprint density at radius 1 is 1.20 bits per heavy atom. The average molecular weight is 279 g/mol. The van der Waals surface area contributed by atoms with Crippen molar-refractivity contribution >= 4 is 17.7 Å². The molecule has 0 aliphatic heterocycles. The zero-order valence-corrected chi connectivity index (χ0v) is 11.6. The van der Waals surface area contributed by atoms with Gasteiger partial charge < -0.3 is 15.2 Å². The Labute approximate surface area is 116 Å². The second-order valence-electron chi connectivity index (χ2n) is 4.66. The molecule has 0 radical (unpaired) electrons. The molecule has 1 unspecified atom stereocenters. The third-order valence-corrected chi connectivity index (χ3v) is 2.85. The standard InChI is InChI=1S/C14H17NO5/c1-9(16)10-4-6-11(7-5-10)12(17)15-14(2,8-20-3)13(18)19/h4-7H,8H2,1-3H3,(H,15,17)(H,18,19). The molecule has 0 heterocycles. The molecule has 1 aromatic rings. The summed E-state index contributed by atoms with van der Waals surface area (Å²) in [5, 5.41) is 11.5. The smallest absolute Gasteiger partial charge is 0.331 e. The second-order valence-corrected chi connectivity index (χ2v) is 4.66. The van der Waals surface area contributed by atoms with E-state index in [1.807, 2.05) is 0 Å².